The number of hydrogen-bond acceptors (Lipinski definition) is 3. The molecule has 0 fully saturated rings. The third kappa shape index (κ3) is 2.67. The van der Waals surface area contributed by atoms with Crippen molar-refractivity contribution >= 4 is 40.5 Å². The summed E-state index contributed by atoms with van der Waals surface area (Å²) >= 11 is 12.4. The highest BCUT2D eigenvalue weighted by atomic mass is 35.5. The summed E-state index contributed by atoms with van der Waals surface area (Å²) in [5.41, 5.74) is 4.89. The lowest BCUT2D eigenvalue weighted by molar-refractivity contribution is 0.0978. The number of carbonyl (C=O) groups excluding carboxylic acids is 2. The van der Waals surface area contributed by atoms with Crippen LogP contribution in [0.1, 0.15) is 61.4 Å². The molecule has 0 bridgehead atoms. The molecule has 1 heterocycles. The Balaban J connectivity index is 1.53. The van der Waals surface area contributed by atoms with Gasteiger partial charge in [-0.05, 0) is 47.7 Å². The Morgan fingerprint density at radius 3 is 2.39 bits per heavy atom. The molecule has 0 amide bonds. The third-order valence-electron chi connectivity index (χ3n) is 6.72. The van der Waals surface area contributed by atoms with Gasteiger partial charge in [-0.1, -0.05) is 65.7 Å². The molecule has 5 heteroatoms. The number of rotatable bonds is 1. The fourth-order valence-electron chi connectivity index (χ4n) is 5.32. The molecule has 0 radical (unpaired) electrons. The normalized spacial score (nSPS) is 23.0. The molecular formula is C26H17Cl2NO2. The highest BCUT2D eigenvalue weighted by molar-refractivity contribution is 6.42. The van der Waals surface area contributed by atoms with E-state index in [9.17, 15) is 9.59 Å². The monoisotopic (exact) mass is 445 g/mol. The lowest BCUT2D eigenvalue weighted by Gasteiger charge is -2.39. The van der Waals surface area contributed by atoms with Crippen LogP contribution in [0, 0.1) is 5.92 Å². The van der Waals surface area contributed by atoms with Crippen LogP contribution in [-0.4, -0.2) is 11.6 Å². The van der Waals surface area contributed by atoms with Gasteiger partial charge in [0.25, 0.3) is 0 Å². The number of fused-ring (bicyclic) bond motifs is 6. The molecule has 1 aliphatic heterocycles. The lowest BCUT2D eigenvalue weighted by atomic mass is 9.71. The van der Waals surface area contributed by atoms with Gasteiger partial charge in [-0.25, -0.2) is 0 Å². The second kappa shape index (κ2) is 6.81. The molecule has 3 atom stereocenters. The zero-order chi connectivity index (χ0) is 21.3. The topological polar surface area (TPSA) is 46.2 Å². The summed E-state index contributed by atoms with van der Waals surface area (Å²) in [7, 11) is 0. The van der Waals surface area contributed by atoms with E-state index in [1.54, 1.807) is 30.3 Å². The number of hydrogen-bond donors (Lipinski definition) is 1. The molecule has 1 N–H and O–H groups in total. The summed E-state index contributed by atoms with van der Waals surface area (Å²) in [6.07, 6.45) is 5.22. The molecule has 2 aliphatic carbocycles. The second-order valence-corrected chi connectivity index (χ2v) is 9.12. The molecule has 3 nitrogen and oxygen atoms in total. The van der Waals surface area contributed by atoms with Crippen LogP contribution in [0.3, 0.4) is 0 Å². The van der Waals surface area contributed by atoms with Crippen molar-refractivity contribution in [3.05, 3.63) is 110 Å². The predicted molar refractivity (Wildman–Crippen MR) is 123 cm³/mol. The van der Waals surface area contributed by atoms with Crippen LogP contribution >= 0.6 is 23.2 Å². The van der Waals surface area contributed by atoms with Crippen molar-refractivity contribution in [3.8, 4) is 0 Å². The first-order chi connectivity index (χ1) is 15.0. The summed E-state index contributed by atoms with van der Waals surface area (Å²) in [4.78, 5) is 26.7. The maximum absolute atomic E-state index is 13.5. The number of allylic oxidation sites excluding steroid dienone is 2. The SMILES string of the molecule is O=C1c2ccccc2C(=O)c2c1ccc1c2[C@@H]2C=CC[C@@H]2[C@H](c2ccc(Cl)c(Cl)c2)N1. The zero-order valence-corrected chi connectivity index (χ0v) is 17.9. The van der Waals surface area contributed by atoms with Crippen LogP contribution < -0.4 is 5.32 Å². The highest BCUT2D eigenvalue weighted by Gasteiger charge is 2.43. The molecule has 3 aromatic rings. The molecule has 0 saturated carbocycles. The number of anilines is 1. The fraction of sp³-hybridized carbons (Fsp3) is 0.154. The quantitative estimate of drug-likeness (QED) is 0.336. The van der Waals surface area contributed by atoms with Crippen molar-refractivity contribution in [1.82, 2.24) is 0 Å². The number of nitrogens with one attached hydrogen (secondary N) is 1. The Kier molecular flexibility index (Phi) is 4.14. The minimum Gasteiger partial charge on any atom is -0.378 e. The zero-order valence-electron chi connectivity index (χ0n) is 16.4. The first-order valence-corrected chi connectivity index (χ1v) is 11.0. The van der Waals surface area contributed by atoms with Gasteiger partial charge in [-0.15, -0.1) is 0 Å². The first kappa shape index (κ1) is 18.9. The molecule has 31 heavy (non-hydrogen) atoms. The van der Waals surface area contributed by atoms with Crippen LogP contribution in [0.2, 0.25) is 10.0 Å². The van der Waals surface area contributed by atoms with Gasteiger partial charge >= 0.3 is 0 Å². The molecular weight excluding hydrogens is 429 g/mol. The molecule has 6 rings (SSSR count). The maximum atomic E-state index is 13.5. The van der Waals surface area contributed by atoms with E-state index < -0.39 is 0 Å². The summed E-state index contributed by atoms with van der Waals surface area (Å²) in [6.45, 7) is 0. The Labute approximate surface area is 189 Å². The van der Waals surface area contributed by atoms with Gasteiger partial charge in [-0.2, -0.15) is 0 Å². The van der Waals surface area contributed by atoms with Gasteiger partial charge in [0.15, 0.2) is 11.6 Å². The number of ketones is 2. The molecule has 3 aliphatic rings. The van der Waals surface area contributed by atoms with Gasteiger partial charge < -0.3 is 5.32 Å². The van der Waals surface area contributed by atoms with Crippen molar-refractivity contribution in [2.75, 3.05) is 5.32 Å². The van der Waals surface area contributed by atoms with E-state index in [1.165, 1.54) is 0 Å². The first-order valence-electron chi connectivity index (χ1n) is 10.3. The third-order valence-corrected chi connectivity index (χ3v) is 7.46. The van der Waals surface area contributed by atoms with Gasteiger partial charge in [0.2, 0.25) is 0 Å². The van der Waals surface area contributed by atoms with Crippen molar-refractivity contribution in [2.24, 2.45) is 5.92 Å². The van der Waals surface area contributed by atoms with Crippen LogP contribution in [0.5, 0.6) is 0 Å². The lowest BCUT2D eigenvalue weighted by Crippen LogP contribution is -2.32. The highest BCUT2D eigenvalue weighted by Crippen LogP contribution is 2.52. The molecule has 0 spiro atoms. The van der Waals surface area contributed by atoms with Gasteiger partial charge in [0.05, 0.1) is 16.1 Å². The Hall–Kier alpha value is -2.88. The van der Waals surface area contributed by atoms with Gasteiger partial charge in [0, 0.05) is 33.9 Å². The molecule has 0 unspecified atom stereocenters. The van der Waals surface area contributed by atoms with E-state index >= 15 is 0 Å². The summed E-state index contributed by atoms with van der Waals surface area (Å²) in [5.74, 6) is 0.109. The molecule has 3 aromatic carbocycles. The Bertz CT molecular complexity index is 1330. The average Bonchev–Trinajstić information content (AvgIpc) is 3.28. The number of benzene rings is 3. The van der Waals surface area contributed by atoms with Crippen LogP contribution in [0.25, 0.3) is 0 Å². The fourth-order valence-corrected chi connectivity index (χ4v) is 5.63. The minimum absolute atomic E-state index is 0.0296. The average molecular weight is 446 g/mol. The van der Waals surface area contributed by atoms with Crippen LogP contribution in [0.15, 0.2) is 66.7 Å². The van der Waals surface area contributed by atoms with Crippen LogP contribution in [0.4, 0.5) is 5.69 Å². The Morgan fingerprint density at radius 2 is 1.61 bits per heavy atom. The largest absolute Gasteiger partial charge is 0.378 e. The number of halogens is 2. The van der Waals surface area contributed by atoms with E-state index in [0.29, 0.717) is 32.3 Å². The van der Waals surface area contributed by atoms with Crippen molar-refractivity contribution in [2.45, 2.75) is 18.4 Å². The standard InChI is InChI=1S/C26H17Cl2NO2/c27-19-10-8-13(12-20(19)28)24-15-7-3-6-14(15)22-21(29-24)11-9-18-23(22)26(31)17-5-2-1-4-16(17)25(18)30/h1-6,8-12,14-15,24,29H,7H2/t14-,15+,24+/m1/s1. The minimum atomic E-state index is -0.0851. The van der Waals surface area contributed by atoms with Gasteiger partial charge in [0.1, 0.15) is 0 Å². The van der Waals surface area contributed by atoms with Crippen molar-refractivity contribution in [3.63, 3.8) is 0 Å². The van der Waals surface area contributed by atoms with E-state index in [0.717, 1.165) is 23.2 Å². The van der Waals surface area contributed by atoms with Crippen LogP contribution in [-0.2, 0) is 0 Å². The number of carbonyl (C=O) groups is 2. The molecule has 152 valence electrons. The van der Waals surface area contributed by atoms with Crippen molar-refractivity contribution in [1.29, 1.82) is 0 Å². The maximum Gasteiger partial charge on any atom is 0.194 e. The van der Waals surface area contributed by atoms with E-state index in [2.05, 4.69) is 17.5 Å². The van der Waals surface area contributed by atoms with E-state index in [-0.39, 0.29) is 29.4 Å². The molecule has 0 saturated heterocycles. The second-order valence-electron chi connectivity index (χ2n) is 8.30. The summed E-state index contributed by atoms with van der Waals surface area (Å²) < 4.78 is 0. The van der Waals surface area contributed by atoms with Crippen molar-refractivity contribution < 1.29 is 9.59 Å². The summed E-state index contributed by atoms with van der Waals surface area (Å²) in [6, 6.07) is 16.5. The van der Waals surface area contributed by atoms with Gasteiger partial charge in [-0.3, -0.25) is 9.59 Å². The Morgan fingerprint density at radius 1 is 0.839 bits per heavy atom. The van der Waals surface area contributed by atoms with E-state index in [1.807, 2.05) is 24.3 Å². The molecule has 0 aromatic heterocycles. The summed E-state index contributed by atoms with van der Waals surface area (Å²) in [5, 5.41) is 4.69. The predicted octanol–water partition coefficient (Wildman–Crippen LogP) is 6.60. The smallest absolute Gasteiger partial charge is 0.194 e. The van der Waals surface area contributed by atoms with E-state index in [4.69, 9.17) is 23.2 Å².